The number of alkyl halides is 3. The molecule has 4 unspecified atom stereocenters. The van der Waals surface area contributed by atoms with Crippen LogP contribution in [0.15, 0.2) is 42.5 Å². The second kappa shape index (κ2) is 11.4. The number of hydrogen-bond donors (Lipinski definition) is 2. The molecule has 190 valence electrons. The van der Waals surface area contributed by atoms with Crippen molar-refractivity contribution in [3.05, 3.63) is 76.4 Å². The number of nitrogens with zero attached hydrogens (tertiary/aromatic N) is 1. The number of rotatable bonds is 8. The molecule has 0 aliphatic heterocycles. The lowest BCUT2D eigenvalue weighted by molar-refractivity contribution is -0.141. The Morgan fingerprint density at radius 1 is 1.26 bits per heavy atom. The third-order valence-corrected chi connectivity index (χ3v) is 6.56. The number of aromatic nitrogens is 1. The van der Waals surface area contributed by atoms with Crippen LogP contribution in [0.3, 0.4) is 0 Å². The molecule has 1 aliphatic rings. The minimum atomic E-state index is -4.57. The number of amides is 1. The van der Waals surface area contributed by atoms with Gasteiger partial charge in [-0.2, -0.15) is 13.2 Å². The van der Waals surface area contributed by atoms with Crippen molar-refractivity contribution < 1.29 is 31.1 Å². The Hall–Kier alpha value is -2.63. The average Bonchev–Trinajstić information content (AvgIpc) is 2.81. The molecule has 0 fully saturated rings. The van der Waals surface area contributed by atoms with Crippen LogP contribution in [0.2, 0.25) is 0 Å². The highest BCUT2D eigenvalue weighted by molar-refractivity contribution is 7.77. The molecule has 1 aliphatic carbocycles. The van der Waals surface area contributed by atoms with Crippen molar-refractivity contribution in [2.45, 2.75) is 63.7 Å². The predicted octanol–water partition coefficient (Wildman–Crippen LogP) is 4.93. The summed E-state index contributed by atoms with van der Waals surface area (Å²) in [5.41, 5.74) is 0.306. The zero-order chi connectivity index (χ0) is 25.8. The van der Waals surface area contributed by atoms with Crippen LogP contribution in [0.1, 0.15) is 79.1 Å². The van der Waals surface area contributed by atoms with Crippen molar-refractivity contribution in [2.75, 3.05) is 0 Å². The second-order valence-corrected chi connectivity index (χ2v) is 9.20. The Bertz CT molecular complexity index is 1120. The maximum absolute atomic E-state index is 14.5. The zero-order valence-electron chi connectivity index (χ0n) is 19.2. The molecular formula is C24H26F4N3O3S-. The van der Waals surface area contributed by atoms with Crippen molar-refractivity contribution in [3.63, 3.8) is 0 Å². The quantitative estimate of drug-likeness (QED) is 0.298. The summed E-state index contributed by atoms with van der Waals surface area (Å²) < 4.78 is 78.0. The molecule has 0 radical (unpaired) electrons. The Morgan fingerprint density at radius 2 is 2.00 bits per heavy atom. The van der Waals surface area contributed by atoms with Gasteiger partial charge in [0.05, 0.1) is 11.6 Å². The molecule has 0 spiro atoms. The normalized spacial score (nSPS) is 18.7. The number of hydrogen-bond acceptors (Lipinski definition) is 4. The fourth-order valence-corrected chi connectivity index (χ4v) is 4.45. The van der Waals surface area contributed by atoms with Gasteiger partial charge in [0.2, 0.25) is 5.91 Å². The summed E-state index contributed by atoms with van der Waals surface area (Å²) in [6, 6.07) is 5.56. The summed E-state index contributed by atoms with van der Waals surface area (Å²) in [7, 11) is 0. The van der Waals surface area contributed by atoms with Crippen LogP contribution in [0.25, 0.3) is 0 Å². The summed E-state index contributed by atoms with van der Waals surface area (Å²) in [4.78, 5) is 16.6. The van der Waals surface area contributed by atoms with Crippen molar-refractivity contribution in [1.82, 2.24) is 15.0 Å². The summed E-state index contributed by atoms with van der Waals surface area (Å²) in [6.45, 7) is 3.04. The zero-order valence-corrected chi connectivity index (χ0v) is 20.0. The first kappa shape index (κ1) is 27.0. The molecule has 2 N–H and O–H groups in total. The van der Waals surface area contributed by atoms with Gasteiger partial charge in [0.15, 0.2) is 0 Å². The minimum absolute atomic E-state index is 0.0230. The second-order valence-electron chi connectivity index (χ2n) is 8.50. The van der Waals surface area contributed by atoms with Crippen LogP contribution in [-0.2, 0) is 28.8 Å². The molecule has 2 aromatic rings. The van der Waals surface area contributed by atoms with E-state index in [9.17, 15) is 31.1 Å². The van der Waals surface area contributed by atoms with Crippen LogP contribution in [0.5, 0.6) is 0 Å². The molecule has 35 heavy (non-hydrogen) atoms. The standard InChI is InChI=1S/C24H27F4N3O3S/c1-14(17-8-10-19(20(25)12-17)15(2)31-35(33)34)23(32)29-13-18-9-11-21(24(26,27)28)30-22(18)16-6-4-3-5-7-16/h4,6,8-12,14-16,31H,3,5,7,13H2,1-2H3,(H,29,32)(H,33,34)/p-1. The number of carbonyl (C=O) groups is 1. The monoisotopic (exact) mass is 512 g/mol. The van der Waals surface area contributed by atoms with Gasteiger partial charge in [-0.05, 0) is 56.4 Å². The Morgan fingerprint density at radius 3 is 2.60 bits per heavy atom. The molecule has 4 atom stereocenters. The molecule has 3 rings (SSSR count). The molecule has 11 heteroatoms. The summed E-state index contributed by atoms with van der Waals surface area (Å²) >= 11 is -2.56. The number of pyridine rings is 1. The first-order chi connectivity index (χ1) is 16.5. The molecular weight excluding hydrogens is 486 g/mol. The smallest absolute Gasteiger partial charge is 0.433 e. The number of nitrogens with one attached hydrogen (secondary N) is 2. The van der Waals surface area contributed by atoms with Crippen molar-refractivity contribution in [2.24, 2.45) is 0 Å². The average molecular weight is 513 g/mol. The number of allylic oxidation sites excluding steroid dienone is 2. The van der Waals surface area contributed by atoms with E-state index in [1.807, 2.05) is 12.2 Å². The lowest BCUT2D eigenvalue weighted by Gasteiger charge is -2.21. The summed E-state index contributed by atoms with van der Waals surface area (Å²) in [5.74, 6) is -2.12. The van der Waals surface area contributed by atoms with Crippen molar-refractivity contribution in [1.29, 1.82) is 0 Å². The molecule has 1 aromatic carbocycles. The lowest BCUT2D eigenvalue weighted by atomic mass is 9.90. The molecule has 0 saturated heterocycles. The van der Waals surface area contributed by atoms with Crippen LogP contribution >= 0.6 is 0 Å². The van der Waals surface area contributed by atoms with Gasteiger partial charge in [-0.25, -0.2) is 14.1 Å². The first-order valence-electron chi connectivity index (χ1n) is 11.1. The van der Waals surface area contributed by atoms with Gasteiger partial charge in [-0.3, -0.25) is 9.00 Å². The maximum Gasteiger partial charge on any atom is 0.433 e. The third kappa shape index (κ3) is 6.96. The van der Waals surface area contributed by atoms with Crippen LogP contribution in [0, 0.1) is 5.82 Å². The SMILES string of the molecule is CC(NS(=O)[O-])c1ccc(C(C)C(=O)NCc2ccc(C(F)(F)F)nc2C2C=CCCC2)cc1F. The van der Waals surface area contributed by atoms with Gasteiger partial charge < -0.3 is 9.87 Å². The van der Waals surface area contributed by atoms with E-state index in [4.69, 9.17) is 0 Å². The lowest BCUT2D eigenvalue weighted by Crippen LogP contribution is -2.29. The largest absolute Gasteiger partial charge is 0.760 e. The molecule has 1 aromatic heterocycles. The Labute approximate surface area is 203 Å². The summed E-state index contributed by atoms with van der Waals surface area (Å²) in [6.07, 6.45) is 1.56. The minimum Gasteiger partial charge on any atom is -0.760 e. The van der Waals surface area contributed by atoms with E-state index in [0.717, 1.165) is 18.9 Å². The maximum atomic E-state index is 14.5. The van der Waals surface area contributed by atoms with E-state index < -0.39 is 46.8 Å². The number of halogens is 4. The van der Waals surface area contributed by atoms with Crippen LogP contribution in [0.4, 0.5) is 17.6 Å². The number of carbonyl (C=O) groups excluding carboxylic acids is 1. The Balaban J connectivity index is 1.75. The van der Waals surface area contributed by atoms with E-state index in [0.29, 0.717) is 17.5 Å². The molecule has 6 nitrogen and oxygen atoms in total. The van der Waals surface area contributed by atoms with Crippen LogP contribution < -0.4 is 10.0 Å². The third-order valence-electron chi connectivity index (χ3n) is 6.02. The highest BCUT2D eigenvalue weighted by Crippen LogP contribution is 2.33. The fourth-order valence-electron chi connectivity index (χ4n) is 4.03. The van der Waals surface area contributed by atoms with E-state index in [-0.39, 0.29) is 23.7 Å². The molecule has 1 amide bonds. The number of benzene rings is 1. The highest BCUT2D eigenvalue weighted by Gasteiger charge is 2.34. The van der Waals surface area contributed by atoms with Gasteiger partial charge in [-0.1, -0.05) is 30.4 Å². The molecule has 0 saturated carbocycles. The van der Waals surface area contributed by atoms with E-state index >= 15 is 0 Å². The van der Waals surface area contributed by atoms with Crippen LogP contribution in [-0.4, -0.2) is 19.7 Å². The van der Waals surface area contributed by atoms with Crippen molar-refractivity contribution in [3.8, 4) is 0 Å². The fraction of sp³-hybridized carbons (Fsp3) is 0.417. The van der Waals surface area contributed by atoms with Crippen molar-refractivity contribution >= 4 is 17.2 Å². The van der Waals surface area contributed by atoms with Gasteiger partial charge in [0, 0.05) is 35.3 Å². The predicted molar refractivity (Wildman–Crippen MR) is 122 cm³/mol. The molecule has 1 heterocycles. The van der Waals surface area contributed by atoms with Gasteiger partial charge in [-0.15, -0.1) is 0 Å². The first-order valence-corrected chi connectivity index (χ1v) is 12.2. The van der Waals surface area contributed by atoms with E-state index in [1.54, 1.807) is 6.92 Å². The van der Waals surface area contributed by atoms with Gasteiger partial charge in [0.25, 0.3) is 0 Å². The Kier molecular flexibility index (Phi) is 8.79. The highest BCUT2D eigenvalue weighted by atomic mass is 32.2. The molecule has 0 bridgehead atoms. The van der Waals surface area contributed by atoms with Gasteiger partial charge in [0.1, 0.15) is 11.5 Å². The topological polar surface area (TPSA) is 94.1 Å². The summed E-state index contributed by atoms with van der Waals surface area (Å²) in [5, 5.41) is 2.72. The van der Waals surface area contributed by atoms with Gasteiger partial charge >= 0.3 is 6.18 Å². The van der Waals surface area contributed by atoms with E-state index in [2.05, 4.69) is 15.0 Å². The van der Waals surface area contributed by atoms with E-state index in [1.165, 1.54) is 31.2 Å².